The van der Waals surface area contributed by atoms with Gasteiger partial charge in [-0.15, -0.1) is 16.4 Å². The lowest BCUT2D eigenvalue weighted by atomic mass is 10.1. The maximum atomic E-state index is 4.53. The molecule has 0 saturated heterocycles. The second-order valence-corrected chi connectivity index (χ2v) is 6.43. The van der Waals surface area contributed by atoms with E-state index in [9.17, 15) is 0 Å². The van der Waals surface area contributed by atoms with Crippen LogP contribution in [0.5, 0.6) is 0 Å². The molecule has 0 aliphatic heterocycles. The average molecular weight is 332 g/mol. The van der Waals surface area contributed by atoms with E-state index >= 15 is 0 Å². The van der Waals surface area contributed by atoms with Crippen molar-refractivity contribution >= 4 is 27.2 Å². The van der Waals surface area contributed by atoms with Gasteiger partial charge in [0.15, 0.2) is 0 Å². The predicted molar refractivity (Wildman–Crippen MR) is 92.5 cm³/mol. The summed E-state index contributed by atoms with van der Waals surface area (Å²) in [5, 5.41) is 7.86. The molecular formula is C17H12N6S. The number of fused-ring (bicyclic) bond motifs is 2. The molecule has 5 rings (SSSR count). The molecule has 0 fully saturated rings. The van der Waals surface area contributed by atoms with Crippen LogP contribution in [0.4, 0.5) is 0 Å². The molecule has 0 bridgehead atoms. The third-order valence-electron chi connectivity index (χ3n) is 4.04. The summed E-state index contributed by atoms with van der Waals surface area (Å²) in [6.07, 6.45) is 8.27. The van der Waals surface area contributed by atoms with Crippen LogP contribution in [-0.2, 0) is 6.42 Å². The number of pyridine rings is 1. The van der Waals surface area contributed by atoms with Crippen LogP contribution in [0.3, 0.4) is 0 Å². The van der Waals surface area contributed by atoms with Gasteiger partial charge in [0, 0.05) is 30.6 Å². The Bertz CT molecular complexity index is 1140. The standard InChI is InChI=1S/C17H12N6S/c1-2-15-16(24-11-19-15)8-12(1)7-14-10-18-17-9-13(3-5-22(14)17)23-6-4-20-21-23/h1-6,8-11H,7H2. The Morgan fingerprint density at radius 1 is 1.04 bits per heavy atom. The molecule has 0 saturated carbocycles. The van der Waals surface area contributed by atoms with Crippen molar-refractivity contribution in [2.75, 3.05) is 0 Å². The van der Waals surface area contributed by atoms with Gasteiger partial charge in [0.2, 0.25) is 0 Å². The number of nitrogens with zero attached hydrogens (tertiary/aromatic N) is 6. The minimum Gasteiger partial charge on any atom is -0.304 e. The number of benzene rings is 1. The van der Waals surface area contributed by atoms with Crippen molar-refractivity contribution in [3.05, 3.63) is 71.9 Å². The third kappa shape index (κ3) is 2.17. The number of aromatic nitrogens is 6. The Kier molecular flexibility index (Phi) is 2.92. The van der Waals surface area contributed by atoms with Gasteiger partial charge in [-0.25, -0.2) is 14.6 Å². The summed E-state index contributed by atoms with van der Waals surface area (Å²) in [7, 11) is 0. The first-order chi connectivity index (χ1) is 11.9. The smallest absolute Gasteiger partial charge is 0.139 e. The highest BCUT2D eigenvalue weighted by Gasteiger charge is 2.07. The molecule has 0 amide bonds. The summed E-state index contributed by atoms with van der Waals surface area (Å²) in [5.74, 6) is 0. The third-order valence-corrected chi connectivity index (χ3v) is 4.83. The zero-order valence-electron chi connectivity index (χ0n) is 12.6. The number of hydrogen-bond donors (Lipinski definition) is 0. The van der Waals surface area contributed by atoms with Crippen molar-refractivity contribution in [1.29, 1.82) is 0 Å². The summed E-state index contributed by atoms with van der Waals surface area (Å²) in [6.45, 7) is 0. The van der Waals surface area contributed by atoms with E-state index in [1.807, 2.05) is 36.2 Å². The molecule has 0 aliphatic rings. The van der Waals surface area contributed by atoms with Crippen molar-refractivity contribution < 1.29 is 0 Å². The second kappa shape index (κ2) is 5.24. The molecule has 5 aromatic rings. The lowest BCUT2D eigenvalue weighted by Crippen LogP contribution is -1.98. The Balaban J connectivity index is 1.52. The van der Waals surface area contributed by atoms with Gasteiger partial charge < -0.3 is 4.40 Å². The minimum atomic E-state index is 0.831. The quantitative estimate of drug-likeness (QED) is 0.509. The highest BCUT2D eigenvalue weighted by Crippen LogP contribution is 2.21. The van der Waals surface area contributed by atoms with Crippen molar-refractivity contribution in [2.24, 2.45) is 0 Å². The molecule has 0 atom stereocenters. The number of rotatable bonds is 3. The summed E-state index contributed by atoms with van der Waals surface area (Å²) in [5.41, 5.74) is 7.20. The molecule has 4 aromatic heterocycles. The summed E-state index contributed by atoms with van der Waals surface area (Å²) < 4.78 is 5.05. The fraction of sp³-hybridized carbons (Fsp3) is 0.0588. The minimum absolute atomic E-state index is 0.831. The molecule has 0 N–H and O–H groups in total. The SMILES string of the molecule is c1cn(-c2ccn3c(Cc4ccc5ncsc5c4)cnc3c2)nn1. The zero-order valence-corrected chi connectivity index (χ0v) is 13.4. The van der Waals surface area contributed by atoms with Gasteiger partial charge in [-0.05, 0) is 23.8 Å². The van der Waals surface area contributed by atoms with Gasteiger partial charge in [-0.2, -0.15) is 0 Å². The Hall–Kier alpha value is -3.06. The first-order valence-corrected chi connectivity index (χ1v) is 8.40. The monoisotopic (exact) mass is 332 g/mol. The molecule has 1 aromatic carbocycles. The van der Waals surface area contributed by atoms with Crippen LogP contribution < -0.4 is 0 Å². The van der Waals surface area contributed by atoms with Crippen molar-refractivity contribution in [2.45, 2.75) is 6.42 Å². The first-order valence-electron chi connectivity index (χ1n) is 7.52. The van der Waals surface area contributed by atoms with Crippen LogP contribution in [0.1, 0.15) is 11.3 Å². The lowest BCUT2D eigenvalue weighted by molar-refractivity contribution is 0.801. The van der Waals surface area contributed by atoms with Gasteiger partial charge in [-0.1, -0.05) is 11.3 Å². The topological polar surface area (TPSA) is 60.9 Å². The van der Waals surface area contributed by atoms with Crippen LogP contribution in [0, 0.1) is 0 Å². The number of imidazole rings is 1. The molecule has 24 heavy (non-hydrogen) atoms. The van der Waals surface area contributed by atoms with E-state index in [-0.39, 0.29) is 0 Å². The number of thiazole rings is 1. The molecule has 0 aliphatic carbocycles. The van der Waals surface area contributed by atoms with Crippen molar-refractivity contribution in [3.8, 4) is 5.69 Å². The maximum Gasteiger partial charge on any atom is 0.139 e. The summed E-state index contributed by atoms with van der Waals surface area (Å²) in [4.78, 5) is 8.86. The fourth-order valence-corrected chi connectivity index (χ4v) is 3.60. The molecule has 116 valence electrons. The van der Waals surface area contributed by atoms with Gasteiger partial charge in [0.05, 0.1) is 33.8 Å². The van der Waals surface area contributed by atoms with E-state index in [1.165, 1.54) is 10.3 Å². The molecule has 7 heteroatoms. The van der Waals surface area contributed by atoms with Gasteiger partial charge in [-0.3, -0.25) is 0 Å². The Morgan fingerprint density at radius 2 is 2.04 bits per heavy atom. The van der Waals surface area contributed by atoms with Crippen LogP contribution in [0.2, 0.25) is 0 Å². The Labute approximate surface area is 141 Å². The van der Waals surface area contributed by atoms with E-state index in [0.717, 1.165) is 29.0 Å². The molecule has 0 radical (unpaired) electrons. The molecule has 6 nitrogen and oxygen atoms in total. The van der Waals surface area contributed by atoms with Crippen LogP contribution in [0.15, 0.2) is 60.6 Å². The van der Waals surface area contributed by atoms with Crippen LogP contribution in [-0.4, -0.2) is 29.4 Å². The van der Waals surface area contributed by atoms with Crippen LogP contribution >= 0.6 is 11.3 Å². The van der Waals surface area contributed by atoms with Gasteiger partial charge in [0.1, 0.15) is 5.65 Å². The number of hydrogen-bond acceptors (Lipinski definition) is 5. The highest BCUT2D eigenvalue weighted by molar-refractivity contribution is 7.16. The zero-order chi connectivity index (χ0) is 15.9. The molecule has 0 spiro atoms. The van der Waals surface area contributed by atoms with E-state index in [1.54, 1.807) is 22.2 Å². The van der Waals surface area contributed by atoms with Crippen LogP contribution in [0.25, 0.3) is 21.6 Å². The fourth-order valence-electron chi connectivity index (χ4n) is 2.86. The van der Waals surface area contributed by atoms with Crippen molar-refractivity contribution in [3.63, 3.8) is 0 Å². The second-order valence-electron chi connectivity index (χ2n) is 5.54. The molecular weight excluding hydrogens is 320 g/mol. The summed E-state index contributed by atoms with van der Waals surface area (Å²) >= 11 is 1.67. The summed E-state index contributed by atoms with van der Waals surface area (Å²) in [6, 6.07) is 10.4. The van der Waals surface area contributed by atoms with Crippen molar-refractivity contribution in [1.82, 2.24) is 29.4 Å². The average Bonchev–Trinajstić information content (AvgIpc) is 3.35. The van der Waals surface area contributed by atoms with E-state index in [4.69, 9.17) is 0 Å². The first kappa shape index (κ1) is 13.4. The molecule has 0 unspecified atom stereocenters. The van der Waals surface area contributed by atoms with E-state index < -0.39 is 0 Å². The molecule has 4 heterocycles. The largest absolute Gasteiger partial charge is 0.304 e. The Morgan fingerprint density at radius 3 is 2.96 bits per heavy atom. The van der Waals surface area contributed by atoms with Gasteiger partial charge >= 0.3 is 0 Å². The van der Waals surface area contributed by atoms with E-state index in [0.29, 0.717) is 0 Å². The predicted octanol–water partition coefficient (Wildman–Crippen LogP) is 3.12. The lowest BCUT2D eigenvalue weighted by Gasteiger charge is -2.04. The highest BCUT2D eigenvalue weighted by atomic mass is 32.1. The maximum absolute atomic E-state index is 4.53. The van der Waals surface area contributed by atoms with E-state index in [2.05, 4.69) is 42.9 Å². The normalized spacial score (nSPS) is 11.5. The van der Waals surface area contributed by atoms with Gasteiger partial charge in [0.25, 0.3) is 0 Å².